The van der Waals surface area contributed by atoms with Crippen molar-refractivity contribution in [2.24, 2.45) is 5.92 Å². The van der Waals surface area contributed by atoms with Gasteiger partial charge >= 0.3 is 0 Å². The number of hydrogen-bond donors (Lipinski definition) is 2. The summed E-state index contributed by atoms with van der Waals surface area (Å²) in [6.45, 7) is 0.0650. The number of nitrogens with one attached hydrogen (secondary N) is 1. The van der Waals surface area contributed by atoms with Crippen molar-refractivity contribution in [2.75, 3.05) is 6.61 Å². The van der Waals surface area contributed by atoms with Crippen molar-refractivity contribution in [1.29, 1.82) is 0 Å². The van der Waals surface area contributed by atoms with Gasteiger partial charge in [-0.25, -0.2) is 4.39 Å². The molecule has 1 aromatic rings. The monoisotopic (exact) mass is 313 g/mol. The lowest BCUT2D eigenvalue weighted by Gasteiger charge is -2.13. The highest BCUT2D eigenvalue weighted by Crippen LogP contribution is 2.19. The zero-order chi connectivity index (χ0) is 13.1. The van der Waals surface area contributed by atoms with E-state index in [0.717, 1.165) is 0 Å². The molecular formula is C13H13BrFNO2. The van der Waals surface area contributed by atoms with Gasteiger partial charge < -0.3 is 10.4 Å². The summed E-state index contributed by atoms with van der Waals surface area (Å²) in [5.41, 5.74) is 0.0269. The molecule has 2 atom stereocenters. The van der Waals surface area contributed by atoms with Gasteiger partial charge in [-0.1, -0.05) is 28.1 Å². The average Bonchev–Trinajstić information content (AvgIpc) is 2.76. The van der Waals surface area contributed by atoms with Crippen LogP contribution in [0.1, 0.15) is 16.8 Å². The summed E-state index contributed by atoms with van der Waals surface area (Å²) in [4.78, 5) is 11.9. The number of amides is 1. The first-order valence-corrected chi connectivity index (χ1v) is 6.44. The Bertz CT molecular complexity index is 490. The third-order valence-corrected chi connectivity index (χ3v) is 3.39. The van der Waals surface area contributed by atoms with E-state index in [1.54, 1.807) is 6.07 Å². The largest absolute Gasteiger partial charge is 0.396 e. The lowest BCUT2D eigenvalue weighted by molar-refractivity contribution is 0.0937. The Hall–Kier alpha value is -1.20. The maximum Gasteiger partial charge on any atom is 0.254 e. The first kappa shape index (κ1) is 13.2. The van der Waals surface area contributed by atoms with Crippen molar-refractivity contribution >= 4 is 21.8 Å². The molecule has 0 saturated carbocycles. The van der Waals surface area contributed by atoms with E-state index in [1.807, 2.05) is 12.2 Å². The number of aliphatic hydroxyl groups is 1. The van der Waals surface area contributed by atoms with E-state index < -0.39 is 11.7 Å². The lowest BCUT2D eigenvalue weighted by Crippen LogP contribution is -2.33. The van der Waals surface area contributed by atoms with Crippen LogP contribution in [0.3, 0.4) is 0 Å². The smallest absolute Gasteiger partial charge is 0.254 e. The number of halogens is 2. The maximum atomic E-state index is 13.6. The topological polar surface area (TPSA) is 49.3 Å². The van der Waals surface area contributed by atoms with Gasteiger partial charge in [0.15, 0.2) is 0 Å². The standard InChI is InChI=1S/C13H13BrFNO2/c14-9-2-4-11(12(15)6-9)13(18)16-10-3-1-8(5-10)7-17/h1-4,6,8,10,17H,5,7H2,(H,16,18)/t8-,10+/m0/s1. The van der Waals surface area contributed by atoms with E-state index in [2.05, 4.69) is 21.2 Å². The van der Waals surface area contributed by atoms with Crippen LogP contribution in [0.2, 0.25) is 0 Å². The van der Waals surface area contributed by atoms with Crippen molar-refractivity contribution < 1.29 is 14.3 Å². The molecule has 1 amide bonds. The molecule has 5 heteroatoms. The van der Waals surface area contributed by atoms with E-state index in [0.29, 0.717) is 10.9 Å². The van der Waals surface area contributed by atoms with Gasteiger partial charge in [0.05, 0.1) is 5.56 Å². The Balaban J connectivity index is 2.02. The third-order valence-electron chi connectivity index (χ3n) is 2.90. The molecule has 0 saturated heterocycles. The van der Waals surface area contributed by atoms with E-state index in [9.17, 15) is 9.18 Å². The fraction of sp³-hybridized carbons (Fsp3) is 0.308. The van der Waals surface area contributed by atoms with Crippen LogP contribution in [0.5, 0.6) is 0 Å². The van der Waals surface area contributed by atoms with Crippen LogP contribution >= 0.6 is 15.9 Å². The number of carbonyl (C=O) groups excluding carboxylic acids is 1. The molecule has 0 unspecified atom stereocenters. The molecule has 0 spiro atoms. The molecule has 0 aliphatic heterocycles. The van der Waals surface area contributed by atoms with Crippen LogP contribution < -0.4 is 5.32 Å². The molecule has 18 heavy (non-hydrogen) atoms. The summed E-state index contributed by atoms with van der Waals surface area (Å²) in [5, 5.41) is 11.7. The minimum Gasteiger partial charge on any atom is -0.396 e. The Labute approximate surface area is 113 Å². The molecule has 2 N–H and O–H groups in total. The van der Waals surface area contributed by atoms with E-state index in [1.165, 1.54) is 12.1 Å². The maximum absolute atomic E-state index is 13.6. The highest BCUT2D eigenvalue weighted by molar-refractivity contribution is 9.10. The SMILES string of the molecule is O=C(N[C@@H]1C=C[C@H](CO)C1)c1ccc(Br)cc1F. The number of aliphatic hydroxyl groups excluding tert-OH is 1. The van der Waals surface area contributed by atoms with Crippen molar-refractivity contribution in [3.63, 3.8) is 0 Å². The molecule has 1 aliphatic carbocycles. The van der Waals surface area contributed by atoms with Crippen LogP contribution in [0, 0.1) is 11.7 Å². The Morgan fingerprint density at radius 1 is 1.50 bits per heavy atom. The van der Waals surface area contributed by atoms with Crippen LogP contribution in [0.25, 0.3) is 0 Å². The second-order valence-electron chi connectivity index (χ2n) is 4.27. The van der Waals surface area contributed by atoms with Crippen LogP contribution in [-0.4, -0.2) is 23.7 Å². The minimum atomic E-state index is -0.553. The molecule has 1 aliphatic rings. The first-order valence-electron chi connectivity index (χ1n) is 5.65. The third kappa shape index (κ3) is 2.97. The van der Waals surface area contributed by atoms with Gasteiger partial charge in [0, 0.05) is 23.0 Å². The summed E-state index contributed by atoms with van der Waals surface area (Å²) >= 11 is 3.14. The van der Waals surface area contributed by atoms with Crippen molar-refractivity contribution in [3.8, 4) is 0 Å². The average molecular weight is 314 g/mol. The highest BCUT2D eigenvalue weighted by Gasteiger charge is 2.21. The van der Waals surface area contributed by atoms with Crippen molar-refractivity contribution in [2.45, 2.75) is 12.5 Å². The van der Waals surface area contributed by atoms with Crippen LogP contribution in [-0.2, 0) is 0 Å². The van der Waals surface area contributed by atoms with E-state index >= 15 is 0 Å². The van der Waals surface area contributed by atoms with Gasteiger partial charge in [-0.2, -0.15) is 0 Å². The fourth-order valence-corrected chi connectivity index (χ4v) is 2.27. The quantitative estimate of drug-likeness (QED) is 0.841. The molecule has 0 fully saturated rings. The summed E-state index contributed by atoms with van der Waals surface area (Å²) in [7, 11) is 0. The number of carbonyl (C=O) groups is 1. The molecule has 0 aromatic heterocycles. The second kappa shape index (κ2) is 5.63. The Kier molecular flexibility index (Phi) is 4.14. The molecule has 1 aromatic carbocycles. The number of benzene rings is 1. The zero-order valence-corrected chi connectivity index (χ0v) is 11.2. The highest BCUT2D eigenvalue weighted by atomic mass is 79.9. The number of rotatable bonds is 3. The van der Waals surface area contributed by atoms with Gasteiger partial charge in [0.1, 0.15) is 5.82 Å². The summed E-state index contributed by atoms with van der Waals surface area (Å²) < 4.78 is 14.2. The Morgan fingerprint density at radius 2 is 2.28 bits per heavy atom. The van der Waals surface area contributed by atoms with E-state index in [4.69, 9.17) is 5.11 Å². The fourth-order valence-electron chi connectivity index (χ4n) is 1.94. The van der Waals surface area contributed by atoms with Crippen molar-refractivity contribution in [1.82, 2.24) is 5.32 Å². The predicted octanol–water partition coefficient (Wildman–Crippen LogP) is 2.25. The van der Waals surface area contributed by atoms with Gasteiger partial charge in [0.25, 0.3) is 5.91 Å². The normalized spacial score (nSPS) is 22.2. The molecule has 96 valence electrons. The lowest BCUT2D eigenvalue weighted by atomic mass is 10.1. The summed E-state index contributed by atoms with van der Waals surface area (Å²) in [6.07, 6.45) is 4.35. The zero-order valence-electron chi connectivity index (χ0n) is 9.57. The predicted molar refractivity (Wildman–Crippen MR) is 69.7 cm³/mol. The second-order valence-corrected chi connectivity index (χ2v) is 5.18. The molecule has 0 bridgehead atoms. The van der Waals surface area contributed by atoms with Gasteiger partial charge in [-0.15, -0.1) is 0 Å². The van der Waals surface area contributed by atoms with Gasteiger partial charge in [0.2, 0.25) is 0 Å². The number of hydrogen-bond acceptors (Lipinski definition) is 2. The molecular weight excluding hydrogens is 301 g/mol. The van der Waals surface area contributed by atoms with Gasteiger partial charge in [-0.3, -0.25) is 4.79 Å². The molecule has 0 radical (unpaired) electrons. The first-order chi connectivity index (χ1) is 8.60. The van der Waals surface area contributed by atoms with Gasteiger partial charge in [-0.05, 0) is 24.6 Å². The van der Waals surface area contributed by atoms with Crippen molar-refractivity contribution in [3.05, 3.63) is 46.2 Å². The summed E-state index contributed by atoms with van der Waals surface area (Å²) in [5.74, 6) is -0.916. The molecule has 2 rings (SSSR count). The molecule has 3 nitrogen and oxygen atoms in total. The minimum absolute atomic E-state index is 0.0269. The molecule has 0 heterocycles. The Morgan fingerprint density at radius 3 is 2.89 bits per heavy atom. The van der Waals surface area contributed by atoms with Crippen LogP contribution in [0.15, 0.2) is 34.8 Å². The van der Waals surface area contributed by atoms with E-state index in [-0.39, 0.29) is 24.1 Å². The van der Waals surface area contributed by atoms with Crippen LogP contribution in [0.4, 0.5) is 4.39 Å². The summed E-state index contributed by atoms with van der Waals surface area (Å²) in [6, 6.07) is 4.18.